The van der Waals surface area contributed by atoms with Crippen molar-refractivity contribution in [1.82, 2.24) is 10.2 Å². The topological polar surface area (TPSA) is 93.3 Å². The van der Waals surface area contributed by atoms with E-state index in [4.69, 9.17) is 0 Å². The molecule has 2 aromatic rings. The summed E-state index contributed by atoms with van der Waals surface area (Å²) < 4.78 is 9.24. The minimum absolute atomic E-state index is 0.00393. The van der Waals surface area contributed by atoms with Crippen LogP contribution in [0.5, 0.6) is 0 Å². The Hall–Kier alpha value is -3.09. The van der Waals surface area contributed by atoms with Crippen molar-refractivity contribution in [2.24, 2.45) is 0 Å². The molecule has 3 rings (SSSR count). The lowest BCUT2D eigenvalue weighted by Crippen LogP contribution is -2.15. The van der Waals surface area contributed by atoms with Gasteiger partial charge in [-0.25, -0.2) is 9.59 Å². The lowest BCUT2D eigenvalue weighted by atomic mass is 9.94. The number of nitrogens with one attached hydrogen (secondary N) is 2. The number of nitrogens with zero attached hydrogens (tertiary/aromatic N) is 1. The van der Waals surface area contributed by atoms with Crippen LogP contribution in [0, 0.1) is 0 Å². The molecule has 7 nitrogen and oxygen atoms in total. The summed E-state index contributed by atoms with van der Waals surface area (Å²) in [4.78, 5) is 23.2. The number of aryl methyl sites for hydroxylation is 1. The number of fused-ring (bicyclic) bond motifs is 1. The molecule has 1 aliphatic rings. The summed E-state index contributed by atoms with van der Waals surface area (Å²) in [6.07, 6.45) is 5.52. The third kappa shape index (κ3) is 3.77. The van der Waals surface area contributed by atoms with E-state index in [1.54, 1.807) is 0 Å². The number of carbonyl (C=O) groups excluding carboxylic acids is 2. The molecule has 1 aliphatic carbocycles. The SMILES string of the molecule is COC(=O)/C=C(/Nc1ccc(-c2n[nH]c3c2CCCC3)cc1)C(=O)OC. The third-order valence-corrected chi connectivity index (χ3v) is 4.36. The molecule has 0 bridgehead atoms. The van der Waals surface area contributed by atoms with Gasteiger partial charge < -0.3 is 14.8 Å². The second-order valence-electron chi connectivity index (χ2n) is 6.01. The molecule has 0 spiro atoms. The molecule has 1 aromatic carbocycles. The summed E-state index contributed by atoms with van der Waals surface area (Å²) >= 11 is 0. The lowest BCUT2D eigenvalue weighted by Gasteiger charge is -2.12. The molecule has 26 heavy (non-hydrogen) atoms. The van der Waals surface area contributed by atoms with Crippen LogP contribution in [0.25, 0.3) is 11.3 Å². The molecule has 0 aliphatic heterocycles. The molecule has 1 heterocycles. The average molecular weight is 355 g/mol. The molecule has 2 N–H and O–H groups in total. The van der Waals surface area contributed by atoms with E-state index in [0.717, 1.165) is 30.2 Å². The molecule has 0 saturated heterocycles. The standard InChI is InChI=1S/C19H21N3O4/c1-25-17(23)11-16(19(24)26-2)20-13-9-7-12(8-10-13)18-14-5-3-4-6-15(14)21-22-18/h7-11,20H,3-6H2,1-2H3,(H,21,22)/b16-11+. The molecule has 7 heteroatoms. The van der Waals surface area contributed by atoms with Gasteiger partial charge in [-0.1, -0.05) is 12.1 Å². The number of anilines is 1. The molecule has 0 fully saturated rings. The monoisotopic (exact) mass is 355 g/mol. The Morgan fingerprint density at radius 1 is 1.12 bits per heavy atom. The van der Waals surface area contributed by atoms with Crippen molar-refractivity contribution in [2.45, 2.75) is 25.7 Å². The summed E-state index contributed by atoms with van der Waals surface area (Å²) in [7, 11) is 2.49. The molecule has 136 valence electrons. The van der Waals surface area contributed by atoms with Gasteiger partial charge in [-0.15, -0.1) is 0 Å². The van der Waals surface area contributed by atoms with Crippen LogP contribution in [0.1, 0.15) is 24.1 Å². The fourth-order valence-corrected chi connectivity index (χ4v) is 3.02. The van der Waals surface area contributed by atoms with Crippen molar-refractivity contribution in [3.05, 3.63) is 47.3 Å². The van der Waals surface area contributed by atoms with Gasteiger partial charge >= 0.3 is 11.9 Å². The number of hydrogen-bond acceptors (Lipinski definition) is 6. The number of carbonyl (C=O) groups is 2. The van der Waals surface area contributed by atoms with Crippen molar-refractivity contribution in [2.75, 3.05) is 19.5 Å². The van der Waals surface area contributed by atoms with Crippen LogP contribution < -0.4 is 5.32 Å². The Kier molecular flexibility index (Phi) is 5.36. The van der Waals surface area contributed by atoms with Crippen LogP contribution in [0.4, 0.5) is 5.69 Å². The van der Waals surface area contributed by atoms with E-state index in [9.17, 15) is 9.59 Å². The second-order valence-corrected chi connectivity index (χ2v) is 6.01. The highest BCUT2D eigenvalue weighted by atomic mass is 16.5. The Bertz CT molecular complexity index is 837. The number of rotatable bonds is 5. The summed E-state index contributed by atoms with van der Waals surface area (Å²) in [6, 6.07) is 7.52. The Morgan fingerprint density at radius 3 is 2.54 bits per heavy atom. The Labute approximate surface area is 151 Å². The number of methoxy groups -OCH3 is 2. The van der Waals surface area contributed by atoms with Gasteiger partial charge in [-0.05, 0) is 37.8 Å². The smallest absolute Gasteiger partial charge is 0.354 e. The Morgan fingerprint density at radius 2 is 1.85 bits per heavy atom. The number of benzene rings is 1. The molecular weight excluding hydrogens is 334 g/mol. The van der Waals surface area contributed by atoms with Crippen molar-refractivity contribution >= 4 is 17.6 Å². The fourth-order valence-electron chi connectivity index (χ4n) is 3.02. The minimum Gasteiger partial charge on any atom is -0.466 e. The van der Waals surface area contributed by atoms with Gasteiger partial charge in [0, 0.05) is 22.5 Å². The van der Waals surface area contributed by atoms with E-state index in [2.05, 4.69) is 25.0 Å². The fraction of sp³-hybridized carbons (Fsp3) is 0.316. The summed E-state index contributed by atoms with van der Waals surface area (Å²) in [5.74, 6) is -1.29. The van der Waals surface area contributed by atoms with Crippen molar-refractivity contribution in [1.29, 1.82) is 0 Å². The Balaban J connectivity index is 1.81. The first-order valence-electron chi connectivity index (χ1n) is 8.44. The predicted molar refractivity (Wildman–Crippen MR) is 96.4 cm³/mol. The van der Waals surface area contributed by atoms with Crippen LogP contribution >= 0.6 is 0 Å². The van der Waals surface area contributed by atoms with Gasteiger partial charge in [0.15, 0.2) is 0 Å². The number of aromatic amines is 1. The van der Waals surface area contributed by atoms with E-state index in [-0.39, 0.29) is 5.70 Å². The number of hydrogen-bond donors (Lipinski definition) is 2. The average Bonchev–Trinajstić information content (AvgIpc) is 3.11. The van der Waals surface area contributed by atoms with E-state index in [0.29, 0.717) is 5.69 Å². The number of ether oxygens (including phenoxy) is 2. The van der Waals surface area contributed by atoms with Crippen LogP contribution in [-0.4, -0.2) is 36.4 Å². The molecule has 0 radical (unpaired) electrons. The molecule has 0 saturated carbocycles. The zero-order chi connectivity index (χ0) is 18.5. The first-order chi connectivity index (χ1) is 12.6. The number of esters is 2. The van der Waals surface area contributed by atoms with E-state index < -0.39 is 11.9 Å². The van der Waals surface area contributed by atoms with Gasteiger partial charge in [-0.3, -0.25) is 5.10 Å². The van der Waals surface area contributed by atoms with Gasteiger partial charge in [0.25, 0.3) is 0 Å². The van der Waals surface area contributed by atoms with Crippen molar-refractivity contribution in [3.63, 3.8) is 0 Å². The van der Waals surface area contributed by atoms with Crippen LogP contribution in [-0.2, 0) is 31.9 Å². The first-order valence-corrected chi connectivity index (χ1v) is 8.44. The zero-order valence-electron chi connectivity index (χ0n) is 14.8. The summed E-state index contributed by atoms with van der Waals surface area (Å²) in [5.41, 5.74) is 5.15. The number of H-pyrrole nitrogens is 1. The highest BCUT2D eigenvalue weighted by Crippen LogP contribution is 2.30. The van der Waals surface area contributed by atoms with E-state index in [1.165, 1.54) is 38.3 Å². The maximum absolute atomic E-state index is 11.8. The maximum Gasteiger partial charge on any atom is 0.354 e. The van der Waals surface area contributed by atoms with Gasteiger partial charge in [0.1, 0.15) is 5.70 Å². The van der Waals surface area contributed by atoms with Crippen molar-refractivity contribution < 1.29 is 19.1 Å². The predicted octanol–water partition coefficient (Wildman–Crippen LogP) is 2.60. The van der Waals surface area contributed by atoms with Crippen LogP contribution in [0.15, 0.2) is 36.0 Å². The zero-order valence-corrected chi connectivity index (χ0v) is 14.8. The molecule has 0 unspecified atom stereocenters. The molecule has 0 atom stereocenters. The number of aromatic nitrogens is 2. The first kappa shape index (κ1) is 17.7. The van der Waals surface area contributed by atoms with Gasteiger partial charge in [0.05, 0.1) is 26.0 Å². The second kappa shape index (κ2) is 7.86. The van der Waals surface area contributed by atoms with Crippen LogP contribution in [0.3, 0.4) is 0 Å². The quantitative estimate of drug-likeness (QED) is 0.632. The van der Waals surface area contributed by atoms with Crippen molar-refractivity contribution in [3.8, 4) is 11.3 Å². The van der Waals surface area contributed by atoms with E-state index in [1.807, 2.05) is 24.3 Å². The van der Waals surface area contributed by atoms with E-state index >= 15 is 0 Å². The summed E-state index contributed by atoms with van der Waals surface area (Å²) in [5, 5.41) is 10.5. The highest BCUT2D eigenvalue weighted by Gasteiger charge is 2.18. The molecule has 0 amide bonds. The maximum atomic E-state index is 11.8. The molecular formula is C19H21N3O4. The van der Waals surface area contributed by atoms with Crippen LogP contribution in [0.2, 0.25) is 0 Å². The summed E-state index contributed by atoms with van der Waals surface area (Å²) in [6.45, 7) is 0. The largest absolute Gasteiger partial charge is 0.466 e. The normalized spacial score (nSPS) is 13.7. The lowest BCUT2D eigenvalue weighted by molar-refractivity contribution is -0.138. The minimum atomic E-state index is -0.652. The highest BCUT2D eigenvalue weighted by molar-refractivity contribution is 5.98. The molecule has 1 aromatic heterocycles. The van der Waals surface area contributed by atoms with Gasteiger partial charge in [0.2, 0.25) is 0 Å². The third-order valence-electron chi connectivity index (χ3n) is 4.36. The van der Waals surface area contributed by atoms with Gasteiger partial charge in [-0.2, -0.15) is 5.10 Å².